The highest BCUT2D eigenvalue weighted by molar-refractivity contribution is 5.77. The Balaban J connectivity index is 1.97. The van der Waals surface area contributed by atoms with Gasteiger partial charge in [-0.2, -0.15) is 15.0 Å². The summed E-state index contributed by atoms with van der Waals surface area (Å²) in [6.45, 7) is 0. The number of benzene rings is 1. The lowest BCUT2D eigenvalue weighted by Gasteiger charge is -2.20. The summed E-state index contributed by atoms with van der Waals surface area (Å²) in [7, 11) is 0. The summed E-state index contributed by atoms with van der Waals surface area (Å²) in [4.78, 5) is 1.89. The number of aromatic nitrogens is 3. The van der Waals surface area contributed by atoms with Crippen LogP contribution in [0.25, 0.3) is 11.0 Å². The summed E-state index contributed by atoms with van der Waals surface area (Å²) >= 11 is 0. The van der Waals surface area contributed by atoms with Gasteiger partial charge in [0.05, 0.1) is 6.04 Å². The van der Waals surface area contributed by atoms with E-state index in [2.05, 4.69) is 10.2 Å². The molecule has 1 aromatic carbocycles. The highest BCUT2D eigenvalue weighted by atomic mass is 15.5. The average molecular weight is 216 g/mol. The molecule has 4 nitrogen and oxygen atoms in total. The smallest absolute Gasteiger partial charge is 0.115 e. The molecule has 0 unspecified atom stereocenters. The molecule has 3 rings (SSSR count). The zero-order valence-corrected chi connectivity index (χ0v) is 9.26. The van der Waals surface area contributed by atoms with Gasteiger partial charge in [-0.05, 0) is 31.0 Å². The van der Waals surface area contributed by atoms with E-state index in [0.717, 1.165) is 16.7 Å². The van der Waals surface area contributed by atoms with Crippen LogP contribution in [-0.2, 0) is 0 Å². The standard InChI is InChI=1S/C12H16N4/c13-9-6-7-11-12(8-9)15-16(14-11)10-4-2-1-3-5-10/h6-8,10H,1-5,13H2. The largest absolute Gasteiger partial charge is 0.399 e. The van der Waals surface area contributed by atoms with Crippen molar-refractivity contribution in [3.05, 3.63) is 18.2 Å². The molecule has 1 saturated carbocycles. The molecule has 16 heavy (non-hydrogen) atoms. The molecule has 1 heterocycles. The second-order valence-electron chi connectivity index (χ2n) is 4.56. The van der Waals surface area contributed by atoms with Crippen molar-refractivity contribution in [2.24, 2.45) is 0 Å². The van der Waals surface area contributed by atoms with Gasteiger partial charge in [-0.3, -0.25) is 0 Å². The summed E-state index contributed by atoms with van der Waals surface area (Å²) in [6.07, 6.45) is 6.35. The van der Waals surface area contributed by atoms with Crippen LogP contribution in [0.1, 0.15) is 38.1 Å². The van der Waals surface area contributed by atoms with Crippen molar-refractivity contribution in [2.45, 2.75) is 38.1 Å². The third-order valence-electron chi connectivity index (χ3n) is 3.32. The van der Waals surface area contributed by atoms with Gasteiger partial charge in [0.1, 0.15) is 11.0 Å². The van der Waals surface area contributed by atoms with Crippen molar-refractivity contribution in [1.82, 2.24) is 15.0 Å². The zero-order valence-electron chi connectivity index (χ0n) is 9.26. The second kappa shape index (κ2) is 3.77. The van der Waals surface area contributed by atoms with Crippen LogP contribution >= 0.6 is 0 Å². The number of nitrogens with two attached hydrogens (primary N) is 1. The van der Waals surface area contributed by atoms with Crippen LogP contribution < -0.4 is 5.73 Å². The topological polar surface area (TPSA) is 56.7 Å². The van der Waals surface area contributed by atoms with Gasteiger partial charge in [0.25, 0.3) is 0 Å². The monoisotopic (exact) mass is 216 g/mol. The lowest BCUT2D eigenvalue weighted by molar-refractivity contribution is 0.304. The fourth-order valence-electron chi connectivity index (χ4n) is 2.42. The van der Waals surface area contributed by atoms with E-state index in [9.17, 15) is 0 Å². The first kappa shape index (κ1) is 9.63. The molecule has 1 aliphatic rings. The number of anilines is 1. The van der Waals surface area contributed by atoms with Gasteiger partial charge in [0, 0.05) is 5.69 Å². The van der Waals surface area contributed by atoms with Gasteiger partial charge < -0.3 is 5.73 Å². The Bertz CT molecular complexity index is 497. The van der Waals surface area contributed by atoms with E-state index in [4.69, 9.17) is 5.73 Å². The van der Waals surface area contributed by atoms with E-state index in [-0.39, 0.29) is 0 Å². The van der Waals surface area contributed by atoms with Crippen molar-refractivity contribution in [3.8, 4) is 0 Å². The first-order valence-corrected chi connectivity index (χ1v) is 5.95. The molecule has 0 radical (unpaired) electrons. The SMILES string of the molecule is Nc1ccc2nn(C3CCCCC3)nc2c1. The first-order chi connectivity index (χ1) is 7.83. The van der Waals surface area contributed by atoms with Crippen LogP contribution in [-0.4, -0.2) is 15.0 Å². The van der Waals surface area contributed by atoms with Gasteiger partial charge in [-0.1, -0.05) is 19.3 Å². The van der Waals surface area contributed by atoms with Crippen LogP contribution in [0.15, 0.2) is 18.2 Å². The highest BCUT2D eigenvalue weighted by Gasteiger charge is 2.17. The number of nitrogens with zero attached hydrogens (tertiary/aromatic N) is 3. The van der Waals surface area contributed by atoms with E-state index in [1.165, 1.54) is 32.1 Å². The van der Waals surface area contributed by atoms with Gasteiger partial charge in [0.15, 0.2) is 0 Å². The molecular formula is C12H16N4. The van der Waals surface area contributed by atoms with Crippen molar-refractivity contribution < 1.29 is 0 Å². The molecule has 1 aliphatic carbocycles. The molecule has 0 spiro atoms. The average Bonchev–Trinajstić information content (AvgIpc) is 2.73. The van der Waals surface area contributed by atoms with Crippen molar-refractivity contribution in [3.63, 3.8) is 0 Å². The normalized spacial score (nSPS) is 18.0. The first-order valence-electron chi connectivity index (χ1n) is 5.95. The fraction of sp³-hybridized carbons (Fsp3) is 0.500. The van der Waals surface area contributed by atoms with Crippen molar-refractivity contribution >= 4 is 16.7 Å². The third kappa shape index (κ3) is 1.64. The van der Waals surface area contributed by atoms with Crippen LogP contribution in [0.4, 0.5) is 5.69 Å². The van der Waals surface area contributed by atoms with Gasteiger partial charge >= 0.3 is 0 Å². The Kier molecular flexibility index (Phi) is 2.27. The summed E-state index contributed by atoms with van der Waals surface area (Å²) in [5.41, 5.74) is 8.34. The van der Waals surface area contributed by atoms with E-state index < -0.39 is 0 Å². The minimum atomic E-state index is 0.488. The quantitative estimate of drug-likeness (QED) is 0.745. The minimum absolute atomic E-state index is 0.488. The van der Waals surface area contributed by atoms with Crippen LogP contribution in [0, 0.1) is 0 Å². The highest BCUT2D eigenvalue weighted by Crippen LogP contribution is 2.27. The van der Waals surface area contributed by atoms with Crippen LogP contribution in [0.3, 0.4) is 0 Å². The molecule has 0 bridgehead atoms. The molecule has 0 saturated heterocycles. The lowest BCUT2D eigenvalue weighted by atomic mass is 9.96. The predicted octanol–water partition coefficient (Wildman–Crippen LogP) is 2.52. The lowest BCUT2D eigenvalue weighted by Crippen LogP contribution is -2.15. The maximum atomic E-state index is 5.73. The maximum absolute atomic E-state index is 5.73. The van der Waals surface area contributed by atoms with Gasteiger partial charge in [-0.25, -0.2) is 0 Å². The molecular weight excluding hydrogens is 200 g/mol. The Morgan fingerprint density at radius 3 is 2.62 bits per heavy atom. The Morgan fingerprint density at radius 2 is 1.81 bits per heavy atom. The molecule has 0 amide bonds. The molecule has 84 valence electrons. The molecule has 2 aromatic rings. The van der Waals surface area contributed by atoms with E-state index >= 15 is 0 Å². The molecule has 1 aromatic heterocycles. The summed E-state index contributed by atoms with van der Waals surface area (Å²) < 4.78 is 0. The minimum Gasteiger partial charge on any atom is -0.399 e. The van der Waals surface area contributed by atoms with E-state index in [1.54, 1.807) is 0 Å². The molecule has 0 aliphatic heterocycles. The summed E-state index contributed by atoms with van der Waals surface area (Å²) in [5.74, 6) is 0. The predicted molar refractivity (Wildman–Crippen MR) is 64.1 cm³/mol. The summed E-state index contributed by atoms with van der Waals surface area (Å²) in [6, 6.07) is 6.20. The van der Waals surface area contributed by atoms with Crippen molar-refractivity contribution in [1.29, 1.82) is 0 Å². The Morgan fingerprint density at radius 1 is 1.06 bits per heavy atom. The third-order valence-corrected chi connectivity index (χ3v) is 3.32. The van der Waals surface area contributed by atoms with Crippen LogP contribution in [0.5, 0.6) is 0 Å². The number of nitrogen functional groups attached to an aromatic ring is 1. The summed E-state index contributed by atoms with van der Waals surface area (Å²) in [5, 5.41) is 9.05. The number of hydrogen-bond donors (Lipinski definition) is 1. The molecule has 1 fully saturated rings. The van der Waals surface area contributed by atoms with Gasteiger partial charge in [0.2, 0.25) is 0 Å². The number of fused-ring (bicyclic) bond motifs is 1. The maximum Gasteiger partial charge on any atom is 0.115 e. The van der Waals surface area contributed by atoms with Crippen molar-refractivity contribution in [2.75, 3.05) is 5.73 Å². The zero-order chi connectivity index (χ0) is 11.0. The molecule has 4 heteroatoms. The number of rotatable bonds is 1. The molecule has 2 N–H and O–H groups in total. The van der Waals surface area contributed by atoms with E-state index in [0.29, 0.717) is 6.04 Å². The van der Waals surface area contributed by atoms with Gasteiger partial charge in [-0.15, -0.1) is 0 Å². The van der Waals surface area contributed by atoms with E-state index in [1.807, 2.05) is 23.0 Å². The Hall–Kier alpha value is -1.58. The molecule has 0 atom stereocenters. The van der Waals surface area contributed by atoms with Crippen LogP contribution in [0.2, 0.25) is 0 Å². The second-order valence-corrected chi connectivity index (χ2v) is 4.56. The fourth-order valence-corrected chi connectivity index (χ4v) is 2.42. The number of hydrogen-bond acceptors (Lipinski definition) is 3. The Labute approximate surface area is 94.4 Å².